The van der Waals surface area contributed by atoms with Crippen molar-refractivity contribution in [1.82, 2.24) is 10.6 Å². The predicted octanol–water partition coefficient (Wildman–Crippen LogP) is 4.18. The summed E-state index contributed by atoms with van der Waals surface area (Å²) in [6.45, 7) is 6.41. The summed E-state index contributed by atoms with van der Waals surface area (Å²) in [5.74, 6) is 2.87. The van der Waals surface area contributed by atoms with Crippen LogP contribution >= 0.6 is 24.0 Å². The van der Waals surface area contributed by atoms with Crippen LogP contribution in [0.4, 0.5) is 0 Å². The summed E-state index contributed by atoms with van der Waals surface area (Å²) in [5.41, 5.74) is 2.30. The van der Waals surface area contributed by atoms with Crippen molar-refractivity contribution in [2.75, 3.05) is 27.3 Å². The minimum absolute atomic E-state index is 0. The van der Waals surface area contributed by atoms with E-state index in [4.69, 9.17) is 9.47 Å². The lowest BCUT2D eigenvalue weighted by atomic mass is 10.0. The fraction of sp³-hybridized carbons (Fsp3) is 0.381. The smallest absolute Gasteiger partial charge is 0.191 e. The van der Waals surface area contributed by atoms with Gasteiger partial charge < -0.3 is 20.1 Å². The monoisotopic (exact) mass is 483 g/mol. The third kappa shape index (κ3) is 7.28. The van der Waals surface area contributed by atoms with Crippen molar-refractivity contribution < 1.29 is 9.47 Å². The Kier molecular flexibility index (Phi) is 10.6. The van der Waals surface area contributed by atoms with E-state index in [0.717, 1.165) is 36.1 Å². The predicted molar refractivity (Wildman–Crippen MR) is 123 cm³/mol. The first-order chi connectivity index (χ1) is 12.7. The van der Waals surface area contributed by atoms with Crippen LogP contribution in [0.25, 0.3) is 0 Å². The van der Waals surface area contributed by atoms with Gasteiger partial charge >= 0.3 is 0 Å². The first-order valence-electron chi connectivity index (χ1n) is 8.96. The molecule has 0 aliphatic heterocycles. The maximum Gasteiger partial charge on any atom is 0.191 e. The number of guanidine groups is 1. The Labute approximate surface area is 179 Å². The quantitative estimate of drug-likeness (QED) is 0.336. The minimum Gasteiger partial charge on any atom is -0.497 e. The van der Waals surface area contributed by atoms with Gasteiger partial charge in [-0.25, -0.2) is 4.99 Å². The zero-order valence-electron chi connectivity index (χ0n) is 16.5. The van der Waals surface area contributed by atoms with E-state index in [9.17, 15) is 0 Å². The van der Waals surface area contributed by atoms with Crippen LogP contribution < -0.4 is 20.1 Å². The van der Waals surface area contributed by atoms with E-state index in [1.54, 1.807) is 14.2 Å². The number of nitrogens with zero attached hydrogens (tertiary/aromatic N) is 1. The van der Waals surface area contributed by atoms with Crippen molar-refractivity contribution in [1.29, 1.82) is 0 Å². The van der Waals surface area contributed by atoms with Gasteiger partial charge in [-0.2, -0.15) is 0 Å². The van der Waals surface area contributed by atoms with Crippen LogP contribution in [-0.4, -0.2) is 33.3 Å². The highest BCUT2D eigenvalue weighted by Gasteiger charge is 2.11. The van der Waals surface area contributed by atoms with Gasteiger partial charge in [-0.05, 0) is 36.2 Å². The number of methoxy groups -OCH3 is 2. The highest BCUT2D eigenvalue weighted by Crippen LogP contribution is 2.25. The summed E-state index contributed by atoms with van der Waals surface area (Å²) < 4.78 is 10.7. The largest absolute Gasteiger partial charge is 0.497 e. The average molecular weight is 483 g/mol. The van der Waals surface area contributed by atoms with Crippen LogP contribution in [0.2, 0.25) is 0 Å². The highest BCUT2D eigenvalue weighted by molar-refractivity contribution is 14.0. The molecule has 6 heteroatoms. The Morgan fingerprint density at radius 1 is 1.04 bits per heavy atom. The van der Waals surface area contributed by atoms with Crippen molar-refractivity contribution in [2.45, 2.75) is 26.3 Å². The van der Waals surface area contributed by atoms with Crippen LogP contribution in [0.3, 0.4) is 0 Å². The zero-order valence-corrected chi connectivity index (χ0v) is 18.8. The molecule has 2 N–H and O–H groups in total. The van der Waals surface area contributed by atoms with Crippen molar-refractivity contribution >= 4 is 29.9 Å². The molecule has 0 saturated heterocycles. The molecular weight excluding hydrogens is 453 g/mol. The number of benzene rings is 2. The fourth-order valence-corrected chi connectivity index (χ4v) is 2.72. The van der Waals surface area contributed by atoms with Crippen LogP contribution in [-0.2, 0) is 6.54 Å². The topological polar surface area (TPSA) is 54.9 Å². The summed E-state index contributed by atoms with van der Waals surface area (Å²) in [6.07, 6.45) is 0. The second-order valence-electron chi connectivity index (χ2n) is 6.07. The number of nitrogens with one attached hydrogen (secondary N) is 2. The Bertz CT molecular complexity index is 722. The number of para-hydroxylation sites is 1. The third-order valence-electron chi connectivity index (χ3n) is 4.14. The molecule has 148 valence electrons. The zero-order chi connectivity index (χ0) is 18.8. The maximum absolute atomic E-state index is 5.46. The third-order valence-corrected chi connectivity index (χ3v) is 4.14. The van der Waals surface area contributed by atoms with Gasteiger partial charge in [0.2, 0.25) is 0 Å². The van der Waals surface area contributed by atoms with Gasteiger partial charge in [-0.15, -0.1) is 24.0 Å². The molecular formula is C21H30IN3O2. The van der Waals surface area contributed by atoms with E-state index in [1.807, 2.05) is 42.5 Å². The van der Waals surface area contributed by atoms with Crippen LogP contribution in [0.5, 0.6) is 11.5 Å². The molecule has 0 saturated carbocycles. The Balaban J connectivity index is 0.00000364. The molecule has 1 atom stereocenters. The number of aliphatic imine (C=N–C) groups is 1. The van der Waals surface area contributed by atoms with Gasteiger partial charge in [0.05, 0.1) is 20.8 Å². The van der Waals surface area contributed by atoms with Gasteiger partial charge in [0.1, 0.15) is 11.5 Å². The first-order valence-corrected chi connectivity index (χ1v) is 8.96. The molecule has 0 spiro atoms. The molecule has 0 aromatic heterocycles. The summed E-state index contributed by atoms with van der Waals surface area (Å²) >= 11 is 0. The number of rotatable bonds is 8. The van der Waals surface area contributed by atoms with E-state index in [1.165, 1.54) is 5.56 Å². The second-order valence-corrected chi connectivity index (χ2v) is 6.07. The van der Waals surface area contributed by atoms with E-state index in [2.05, 4.69) is 35.5 Å². The molecule has 0 bridgehead atoms. The number of hydrogen-bond acceptors (Lipinski definition) is 3. The first kappa shape index (κ1) is 23.1. The number of ether oxygens (including phenoxy) is 2. The molecule has 2 aromatic rings. The molecule has 0 heterocycles. The Morgan fingerprint density at radius 3 is 2.52 bits per heavy atom. The molecule has 0 fully saturated rings. The van der Waals surface area contributed by atoms with Gasteiger partial charge in [0.25, 0.3) is 0 Å². The lowest BCUT2D eigenvalue weighted by Crippen LogP contribution is -2.39. The van der Waals surface area contributed by atoms with Gasteiger partial charge in [-0.3, -0.25) is 0 Å². The van der Waals surface area contributed by atoms with Crippen LogP contribution in [0, 0.1) is 0 Å². The molecule has 1 unspecified atom stereocenters. The molecule has 2 aromatic carbocycles. The summed E-state index contributed by atoms with van der Waals surface area (Å²) in [7, 11) is 3.38. The van der Waals surface area contributed by atoms with E-state index >= 15 is 0 Å². The lowest BCUT2D eigenvalue weighted by Gasteiger charge is -2.18. The molecule has 5 nitrogen and oxygen atoms in total. The van der Waals surface area contributed by atoms with E-state index < -0.39 is 0 Å². The summed E-state index contributed by atoms with van der Waals surface area (Å²) in [4.78, 5) is 4.67. The summed E-state index contributed by atoms with van der Waals surface area (Å²) in [6, 6.07) is 16.1. The highest BCUT2D eigenvalue weighted by atomic mass is 127. The van der Waals surface area contributed by atoms with E-state index in [-0.39, 0.29) is 24.0 Å². The fourth-order valence-electron chi connectivity index (χ4n) is 2.72. The van der Waals surface area contributed by atoms with Gasteiger partial charge in [0.15, 0.2) is 5.96 Å². The van der Waals surface area contributed by atoms with E-state index in [0.29, 0.717) is 12.5 Å². The van der Waals surface area contributed by atoms with Gasteiger partial charge in [-0.1, -0.05) is 37.3 Å². The molecule has 2 rings (SSSR count). The van der Waals surface area contributed by atoms with Crippen LogP contribution in [0.15, 0.2) is 53.5 Å². The SMILES string of the molecule is CCNC(=NCc1cccc(OC)c1)NCC(C)c1ccccc1OC.I. The molecule has 0 amide bonds. The number of hydrogen-bond donors (Lipinski definition) is 2. The summed E-state index contributed by atoms with van der Waals surface area (Å²) in [5, 5.41) is 6.71. The Morgan fingerprint density at radius 2 is 1.81 bits per heavy atom. The van der Waals surface area contributed by atoms with Crippen molar-refractivity contribution in [2.24, 2.45) is 4.99 Å². The maximum atomic E-state index is 5.46. The minimum atomic E-state index is 0. The lowest BCUT2D eigenvalue weighted by molar-refractivity contribution is 0.406. The van der Waals surface area contributed by atoms with Crippen molar-refractivity contribution in [3.05, 3.63) is 59.7 Å². The van der Waals surface area contributed by atoms with Gasteiger partial charge in [0, 0.05) is 19.0 Å². The molecule has 0 radical (unpaired) electrons. The van der Waals surface area contributed by atoms with Crippen molar-refractivity contribution in [3.63, 3.8) is 0 Å². The van der Waals surface area contributed by atoms with Crippen molar-refractivity contribution in [3.8, 4) is 11.5 Å². The molecule has 0 aliphatic carbocycles. The normalized spacial score (nSPS) is 11.9. The molecule has 27 heavy (non-hydrogen) atoms. The Hall–Kier alpha value is -1.96. The number of halogens is 1. The second kappa shape index (κ2) is 12.4. The standard InChI is InChI=1S/C21H29N3O2.HI/c1-5-22-21(24-15-17-9-8-10-18(13-17)25-3)23-14-16(2)19-11-6-7-12-20(19)26-4;/h6-13,16H,5,14-15H2,1-4H3,(H2,22,23,24);1H. The molecule has 0 aliphatic rings. The van der Waals surface area contributed by atoms with Crippen LogP contribution in [0.1, 0.15) is 30.9 Å². The average Bonchev–Trinajstić information content (AvgIpc) is 2.69.